The second kappa shape index (κ2) is 8.54. The molecule has 2 heterocycles. The molecule has 7 nitrogen and oxygen atoms in total. The zero-order valence-corrected chi connectivity index (χ0v) is 16.6. The van der Waals surface area contributed by atoms with Crippen LogP contribution in [0.2, 0.25) is 0 Å². The van der Waals surface area contributed by atoms with E-state index in [0.717, 1.165) is 22.1 Å². The van der Waals surface area contributed by atoms with Crippen LogP contribution in [-0.2, 0) is 16.0 Å². The summed E-state index contributed by atoms with van der Waals surface area (Å²) in [5.74, 6) is -0.278. The molecule has 0 aliphatic heterocycles. The lowest BCUT2D eigenvalue weighted by atomic mass is 10.0. The van der Waals surface area contributed by atoms with Gasteiger partial charge in [0.25, 0.3) is 0 Å². The minimum atomic E-state index is -0.515. The molecule has 31 heavy (non-hydrogen) atoms. The molecule has 0 saturated heterocycles. The summed E-state index contributed by atoms with van der Waals surface area (Å²) in [6.45, 7) is 0. The molecular weight excluding hydrogens is 390 g/mol. The van der Waals surface area contributed by atoms with Gasteiger partial charge in [-0.15, -0.1) is 0 Å². The van der Waals surface area contributed by atoms with Crippen molar-refractivity contribution in [3.05, 3.63) is 89.6 Å². The Morgan fingerprint density at radius 3 is 2.58 bits per heavy atom. The van der Waals surface area contributed by atoms with Crippen LogP contribution in [0.3, 0.4) is 0 Å². The number of aromatic nitrogens is 2. The number of hydrogen-bond donors (Lipinski definition) is 4. The number of anilines is 2. The molecule has 0 aliphatic carbocycles. The number of rotatable bonds is 6. The highest BCUT2D eigenvalue weighted by Crippen LogP contribution is 2.24. The molecule has 0 unspecified atom stereocenters. The lowest BCUT2D eigenvalue weighted by Crippen LogP contribution is -2.15. The van der Waals surface area contributed by atoms with Crippen LogP contribution in [0.4, 0.5) is 11.5 Å². The smallest absolute Gasteiger partial charge is 0.249 e. The first kappa shape index (κ1) is 19.9. The quantitative estimate of drug-likeness (QED) is 0.287. The number of amides is 2. The van der Waals surface area contributed by atoms with Crippen molar-refractivity contribution in [1.82, 2.24) is 9.97 Å². The third-order valence-electron chi connectivity index (χ3n) is 4.80. The Morgan fingerprint density at radius 2 is 1.84 bits per heavy atom. The summed E-state index contributed by atoms with van der Waals surface area (Å²) in [7, 11) is 0. The molecule has 0 aliphatic rings. The van der Waals surface area contributed by atoms with E-state index >= 15 is 0 Å². The van der Waals surface area contributed by atoms with Crippen LogP contribution >= 0.6 is 0 Å². The predicted octanol–water partition coefficient (Wildman–Crippen LogP) is 3.35. The van der Waals surface area contributed by atoms with E-state index in [1.165, 1.54) is 0 Å². The first-order valence-corrected chi connectivity index (χ1v) is 9.69. The number of nitrogens with two attached hydrogens (primary N) is 2. The first-order valence-electron chi connectivity index (χ1n) is 9.69. The lowest BCUT2D eigenvalue weighted by molar-refractivity contribution is -0.115. The number of primary amides is 1. The number of carbonyl (C=O) groups excluding carboxylic acids is 2. The molecule has 4 rings (SSSR count). The molecule has 0 spiro atoms. The minimum absolute atomic E-state index is 0.191. The third kappa shape index (κ3) is 4.62. The van der Waals surface area contributed by atoms with Crippen molar-refractivity contribution < 1.29 is 9.59 Å². The maximum atomic E-state index is 12.3. The number of nitrogen functional groups attached to an aromatic ring is 1. The van der Waals surface area contributed by atoms with Crippen molar-refractivity contribution >= 4 is 46.0 Å². The summed E-state index contributed by atoms with van der Waals surface area (Å²) >= 11 is 0. The number of aromatic amines is 1. The highest BCUT2D eigenvalue weighted by Gasteiger charge is 2.12. The van der Waals surface area contributed by atoms with Crippen molar-refractivity contribution in [2.24, 2.45) is 5.73 Å². The average molecular weight is 411 g/mol. The number of fused-ring (bicyclic) bond motifs is 1. The van der Waals surface area contributed by atoms with Gasteiger partial charge in [-0.1, -0.05) is 42.5 Å². The van der Waals surface area contributed by atoms with Gasteiger partial charge in [0.05, 0.1) is 6.42 Å². The second-order valence-electron chi connectivity index (χ2n) is 7.09. The SMILES string of the molecule is NC(=O)/C(=C/c1c[nH]c2nc(NC(=O)Cc3cccc(N)c3)ccc12)c1ccccc1. The van der Waals surface area contributed by atoms with Gasteiger partial charge in [0.15, 0.2) is 0 Å². The molecule has 0 bridgehead atoms. The molecular formula is C24H21N5O2. The fourth-order valence-electron chi connectivity index (χ4n) is 3.36. The van der Waals surface area contributed by atoms with Gasteiger partial charge in [0.1, 0.15) is 11.5 Å². The molecule has 2 aromatic carbocycles. The topological polar surface area (TPSA) is 127 Å². The summed E-state index contributed by atoms with van der Waals surface area (Å²) in [5.41, 5.74) is 15.3. The van der Waals surface area contributed by atoms with Gasteiger partial charge in [0, 0.05) is 28.4 Å². The second-order valence-corrected chi connectivity index (χ2v) is 7.09. The Bertz CT molecular complexity index is 1290. The highest BCUT2D eigenvalue weighted by atomic mass is 16.2. The van der Waals surface area contributed by atoms with Crippen molar-refractivity contribution in [1.29, 1.82) is 0 Å². The van der Waals surface area contributed by atoms with Gasteiger partial charge in [-0.2, -0.15) is 0 Å². The number of pyridine rings is 1. The molecule has 0 fully saturated rings. The number of H-pyrrole nitrogens is 1. The minimum Gasteiger partial charge on any atom is -0.399 e. The Balaban J connectivity index is 1.56. The molecule has 2 aromatic heterocycles. The lowest BCUT2D eigenvalue weighted by Gasteiger charge is -2.06. The first-order chi connectivity index (χ1) is 15.0. The summed E-state index contributed by atoms with van der Waals surface area (Å²) in [6.07, 6.45) is 3.68. The molecule has 0 atom stereocenters. The molecule has 154 valence electrons. The fraction of sp³-hybridized carbons (Fsp3) is 0.0417. The highest BCUT2D eigenvalue weighted by molar-refractivity contribution is 6.24. The molecule has 6 N–H and O–H groups in total. The molecule has 7 heteroatoms. The van der Waals surface area contributed by atoms with Crippen molar-refractivity contribution in [3.8, 4) is 0 Å². The Hall–Kier alpha value is -4.39. The van der Waals surface area contributed by atoms with E-state index in [-0.39, 0.29) is 12.3 Å². The Kier molecular flexibility index (Phi) is 5.49. The van der Waals surface area contributed by atoms with Gasteiger partial charge >= 0.3 is 0 Å². The van der Waals surface area contributed by atoms with Crippen molar-refractivity contribution in [3.63, 3.8) is 0 Å². The van der Waals surface area contributed by atoms with Crippen LogP contribution in [0.5, 0.6) is 0 Å². The maximum Gasteiger partial charge on any atom is 0.249 e. The van der Waals surface area contributed by atoms with Gasteiger partial charge < -0.3 is 21.8 Å². The standard InChI is InChI=1S/C24H21N5O2/c25-18-8-4-5-15(11-18)12-22(30)28-21-10-9-19-17(14-27-24(19)29-21)13-20(23(26)31)16-6-2-1-3-7-16/h1-11,13-14H,12,25H2,(H2,26,31)(H2,27,28,29,30)/b20-13+. The van der Waals surface area contributed by atoms with Crippen LogP contribution in [0, 0.1) is 0 Å². The average Bonchev–Trinajstić information content (AvgIpc) is 3.14. The Morgan fingerprint density at radius 1 is 1.03 bits per heavy atom. The normalized spacial score (nSPS) is 11.4. The van der Waals surface area contributed by atoms with Gasteiger partial charge in [-0.25, -0.2) is 4.98 Å². The fourth-order valence-corrected chi connectivity index (χ4v) is 3.36. The zero-order valence-electron chi connectivity index (χ0n) is 16.6. The summed E-state index contributed by atoms with van der Waals surface area (Å²) in [4.78, 5) is 31.9. The number of nitrogens with zero attached hydrogens (tertiary/aromatic N) is 1. The number of benzene rings is 2. The Labute approximate surface area is 178 Å². The van der Waals surface area contributed by atoms with E-state index in [2.05, 4.69) is 15.3 Å². The molecule has 0 saturated carbocycles. The van der Waals surface area contributed by atoms with Crippen molar-refractivity contribution in [2.45, 2.75) is 6.42 Å². The van der Waals surface area contributed by atoms with E-state index in [9.17, 15) is 9.59 Å². The van der Waals surface area contributed by atoms with Crippen LogP contribution in [0.15, 0.2) is 72.9 Å². The van der Waals surface area contributed by atoms with Gasteiger partial charge in [0.2, 0.25) is 11.8 Å². The van der Waals surface area contributed by atoms with Gasteiger partial charge in [-0.3, -0.25) is 9.59 Å². The van der Waals surface area contributed by atoms with Crippen LogP contribution in [0.25, 0.3) is 22.7 Å². The van der Waals surface area contributed by atoms with Gasteiger partial charge in [-0.05, 0) is 41.5 Å². The molecule has 2 amide bonds. The zero-order chi connectivity index (χ0) is 21.8. The number of carbonyl (C=O) groups is 2. The monoisotopic (exact) mass is 411 g/mol. The summed E-state index contributed by atoms with van der Waals surface area (Å²) < 4.78 is 0. The van der Waals surface area contributed by atoms with Crippen LogP contribution in [0.1, 0.15) is 16.7 Å². The van der Waals surface area contributed by atoms with Crippen molar-refractivity contribution in [2.75, 3.05) is 11.1 Å². The van der Waals surface area contributed by atoms with E-state index in [1.54, 1.807) is 30.5 Å². The number of hydrogen-bond acceptors (Lipinski definition) is 4. The van der Waals surface area contributed by atoms with E-state index in [4.69, 9.17) is 11.5 Å². The maximum absolute atomic E-state index is 12.3. The number of nitrogens with one attached hydrogen (secondary N) is 2. The largest absolute Gasteiger partial charge is 0.399 e. The van der Waals surface area contributed by atoms with E-state index < -0.39 is 5.91 Å². The molecule has 0 radical (unpaired) electrons. The summed E-state index contributed by atoms with van der Waals surface area (Å²) in [5, 5.41) is 3.60. The van der Waals surface area contributed by atoms with E-state index in [0.29, 0.717) is 22.7 Å². The van der Waals surface area contributed by atoms with Crippen LogP contribution in [-0.4, -0.2) is 21.8 Å². The third-order valence-corrected chi connectivity index (χ3v) is 4.80. The van der Waals surface area contributed by atoms with Crippen LogP contribution < -0.4 is 16.8 Å². The van der Waals surface area contributed by atoms with E-state index in [1.807, 2.05) is 48.5 Å². The predicted molar refractivity (Wildman–Crippen MR) is 123 cm³/mol. The molecule has 4 aromatic rings. The summed E-state index contributed by atoms with van der Waals surface area (Å²) in [6, 6.07) is 20.0.